The van der Waals surface area contributed by atoms with Crippen molar-refractivity contribution in [1.29, 1.82) is 0 Å². The summed E-state index contributed by atoms with van der Waals surface area (Å²) in [4.78, 5) is 27.3. The maximum atomic E-state index is 13.8. The van der Waals surface area contributed by atoms with Crippen LogP contribution >= 0.6 is 11.6 Å². The fourth-order valence-electron chi connectivity index (χ4n) is 4.59. The first-order valence-electron chi connectivity index (χ1n) is 11.8. The number of carbonyl (C=O) groups excluding carboxylic acids is 1. The van der Waals surface area contributed by atoms with Crippen molar-refractivity contribution in [1.82, 2.24) is 15.2 Å². The van der Waals surface area contributed by atoms with Gasteiger partial charge < -0.3 is 10.1 Å². The molecular formula is C25H27ClFN7O2. The molecule has 0 radical (unpaired) electrons. The minimum atomic E-state index is -0.791. The van der Waals surface area contributed by atoms with Crippen molar-refractivity contribution in [2.45, 2.75) is 25.3 Å². The van der Waals surface area contributed by atoms with E-state index in [0.717, 1.165) is 32.4 Å². The summed E-state index contributed by atoms with van der Waals surface area (Å²) in [5, 5.41) is 7.14. The number of aliphatic imine (C=N–C) groups is 1. The minimum Gasteiger partial charge on any atom is -0.466 e. The molecule has 2 aromatic rings. The van der Waals surface area contributed by atoms with Crippen LogP contribution in [0.15, 0.2) is 64.0 Å². The number of azide groups is 1. The zero-order valence-corrected chi connectivity index (χ0v) is 20.7. The number of hydrogen-bond acceptors (Lipinski definition) is 7. The predicted octanol–water partition coefficient (Wildman–Crippen LogP) is 4.80. The molecule has 188 valence electrons. The third-order valence-corrected chi connectivity index (χ3v) is 6.81. The van der Waals surface area contributed by atoms with E-state index in [1.165, 1.54) is 19.2 Å². The van der Waals surface area contributed by atoms with Crippen LogP contribution in [0.2, 0.25) is 5.02 Å². The lowest BCUT2D eigenvalue weighted by Gasteiger charge is -2.35. The molecule has 1 atom stereocenters. The zero-order chi connectivity index (χ0) is 25.5. The average molecular weight is 512 g/mol. The Hall–Kier alpha value is -3.46. The van der Waals surface area contributed by atoms with Gasteiger partial charge in [-0.3, -0.25) is 14.9 Å². The van der Waals surface area contributed by atoms with Gasteiger partial charge in [0, 0.05) is 40.5 Å². The average Bonchev–Trinajstić information content (AvgIpc) is 2.89. The molecule has 9 nitrogen and oxygen atoms in total. The van der Waals surface area contributed by atoms with Crippen LogP contribution in [0.5, 0.6) is 0 Å². The molecule has 4 rings (SSSR count). The minimum absolute atomic E-state index is 0.174. The van der Waals surface area contributed by atoms with E-state index in [1.807, 2.05) is 18.2 Å². The summed E-state index contributed by atoms with van der Waals surface area (Å²) >= 11 is 6.42. The summed E-state index contributed by atoms with van der Waals surface area (Å²) < 4.78 is 19.0. The largest absolute Gasteiger partial charge is 0.466 e. The molecule has 0 bridgehead atoms. The van der Waals surface area contributed by atoms with Gasteiger partial charge in [0.15, 0.2) is 5.84 Å². The van der Waals surface area contributed by atoms with E-state index >= 15 is 0 Å². The van der Waals surface area contributed by atoms with Crippen molar-refractivity contribution < 1.29 is 13.9 Å². The van der Waals surface area contributed by atoms with Crippen molar-refractivity contribution in [2.75, 3.05) is 33.3 Å². The maximum Gasteiger partial charge on any atom is 0.338 e. The molecule has 11 heteroatoms. The summed E-state index contributed by atoms with van der Waals surface area (Å²) in [6.45, 7) is 2.64. The van der Waals surface area contributed by atoms with Gasteiger partial charge in [-0.05, 0) is 68.1 Å². The van der Waals surface area contributed by atoms with Crippen molar-refractivity contribution in [3.8, 4) is 0 Å². The second-order valence-corrected chi connectivity index (χ2v) is 9.14. The molecular weight excluding hydrogens is 485 g/mol. The van der Waals surface area contributed by atoms with Gasteiger partial charge in [-0.25, -0.2) is 9.18 Å². The van der Waals surface area contributed by atoms with E-state index in [0.29, 0.717) is 47.4 Å². The Labute approximate surface area is 213 Å². The third kappa shape index (κ3) is 6.02. The lowest BCUT2D eigenvalue weighted by molar-refractivity contribution is -0.136. The Bertz CT molecular complexity index is 1210. The number of halogens is 2. The number of hydrogen-bond donors (Lipinski definition) is 1. The predicted molar refractivity (Wildman–Crippen MR) is 135 cm³/mol. The molecule has 3 heterocycles. The summed E-state index contributed by atoms with van der Waals surface area (Å²) in [6.07, 6.45) is 4.47. The van der Waals surface area contributed by atoms with Crippen LogP contribution in [-0.4, -0.2) is 55.0 Å². The Morgan fingerprint density at radius 3 is 2.81 bits per heavy atom. The van der Waals surface area contributed by atoms with Gasteiger partial charge in [0.25, 0.3) is 0 Å². The number of aromatic nitrogens is 1. The highest BCUT2D eigenvalue weighted by molar-refractivity contribution is 6.31. The summed E-state index contributed by atoms with van der Waals surface area (Å²) in [6, 6.07) is 8.75. The molecule has 2 aliphatic heterocycles. The van der Waals surface area contributed by atoms with Crippen LogP contribution in [-0.2, 0) is 9.53 Å². The number of rotatable bonds is 8. The molecule has 0 spiro atoms. The number of nitrogens with zero attached hydrogens (tertiary/aromatic N) is 6. The fraction of sp³-hybridized carbons (Fsp3) is 0.400. The van der Waals surface area contributed by atoms with Gasteiger partial charge in [-0.2, -0.15) is 0 Å². The number of nitrogens with one attached hydrogen (secondary N) is 1. The molecule has 2 aliphatic rings. The molecule has 0 aliphatic carbocycles. The van der Waals surface area contributed by atoms with Gasteiger partial charge in [-0.1, -0.05) is 28.8 Å². The second-order valence-electron chi connectivity index (χ2n) is 8.73. The number of methoxy groups -OCH3 is 1. The maximum absolute atomic E-state index is 13.8. The van der Waals surface area contributed by atoms with Gasteiger partial charge in [0.2, 0.25) is 0 Å². The molecule has 36 heavy (non-hydrogen) atoms. The van der Waals surface area contributed by atoms with Crippen molar-refractivity contribution in [2.24, 2.45) is 16.0 Å². The number of benzene rings is 1. The van der Waals surface area contributed by atoms with Gasteiger partial charge in [0.1, 0.15) is 17.6 Å². The quantitative estimate of drug-likeness (QED) is 0.236. The number of amidine groups is 1. The van der Waals surface area contributed by atoms with Crippen LogP contribution < -0.4 is 5.32 Å². The second kappa shape index (κ2) is 12.0. The standard InChI is InChI=1S/C25H27ClFN7O2/c1-36-25(35)22-21(15-34-12-8-16(9-13-34)7-11-30-33-28)31-24(20-4-2-3-10-29-20)32-23(22)18-6-5-17(27)14-19(18)26/h2-6,10,14,16,23H,7-9,11-13,15H2,1H3,(H,31,32). The molecule has 1 aromatic carbocycles. The van der Waals surface area contributed by atoms with Gasteiger partial charge in [-0.15, -0.1) is 0 Å². The van der Waals surface area contributed by atoms with E-state index in [-0.39, 0.29) is 5.02 Å². The summed E-state index contributed by atoms with van der Waals surface area (Å²) in [5.74, 6) is -0.0147. The zero-order valence-electron chi connectivity index (χ0n) is 19.9. The SMILES string of the molecule is COC(=O)C1=C(CN2CCC(CCN=[N+]=[N-])CC2)NC(c2ccccn2)=NC1c1ccc(F)cc1Cl. The smallest absolute Gasteiger partial charge is 0.338 e. The first-order valence-corrected chi connectivity index (χ1v) is 12.1. The highest BCUT2D eigenvalue weighted by atomic mass is 35.5. The Kier molecular flexibility index (Phi) is 8.53. The van der Waals surface area contributed by atoms with E-state index in [4.69, 9.17) is 26.9 Å². The molecule has 1 N–H and O–H groups in total. The van der Waals surface area contributed by atoms with E-state index in [9.17, 15) is 9.18 Å². The highest BCUT2D eigenvalue weighted by Gasteiger charge is 2.34. The first kappa shape index (κ1) is 25.6. The number of piperidine rings is 1. The molecule has 1 saturated heterocycles. The monoisotopic (exact) mass is 511 g/mol. The highest BCUT2D eigenvalue weighted by Crippen LogP contribution is 2.36. The number of ether oxygens (including phenoxy) is 1. The van der Waals surface area contributed by atoms with E-state index in [2.05, 4.69) is 25.2 Å². The number of likely N-dealkylation sites (tertiary alicyclic amines) is 1. The summed E-state index contributed by atoms with van der Waals surface area (Å²) in [7, 11) is 1.32. The topological polar surface area (TPSA) is 116 Å². The molecule has 1 unspecified atom stereocenters. The van der Waals surface area contributed by atoms with Gasteiger partial charge >= 0.3 is 5.97 Å². The van der Waals surface area contributed by atoms with Crippen molar-refractivity contribution in [3.63, 3.8) is 0 Å². The molecule has 0 amide bonds. The van der Waals surface area contributed by atoms with Crippen LogP contribution in [0.25, 0.3) is 10.4 Å². The Morgan fingerprint density at radius 1 is 1.33 bits per heavy atom. The Balaban J connectivity index is 1.67. The van der Waals surface area contributed by atoms with Crippen LogP contribution in [0.3, 0.4) is 0 Å². The van der Waals surface area contributed by atoms with E-state index in [1.54, 1.807) is 12.3 Å². The molecule has 1 aromatic heterocycles. The normalized spacial score (nSPS) is 18.8. The van der Waals surface area contributed by atoms with Crippen molar-refractivity contribution >= 4 is 23.4 Å². The lowest BCUT2D eigenvalue weighted by atomic mass is 9.92. The summed E-state index contributed by atoms with van der Waals surface area (Å²) in [5.41, 5.74) is 10.6. The van der Waals surface area contributed by atoms with Crippen LogP contribution in [0.4, 0.5) is 4.39 Å². The number of pyridine rings is 1. The van der Waals surface area contributed by atoms with Crippen LogP contribution in [0, 0.1) is 11.7 Å². The van der Waals surface area contributed by atoms with Gasteiger partial charge in [0.05, 0.1) is 12.7 Å². The molecule has 0 saturated carbocycles. The first-order chi connectivity index (χ1) is 17.5. The Morgan fingerprint density at radius 2 is 2.14 bits per heavy atom. The van der Waals surface area contributed by atoms with E-state index < -0.39 is 17.8 Å². The van der Waals surface area contributed by atoms with Crippen molar-refractivity contribution in [3.05, 3.63) is 86.4 Å². The third-order valence-electron chi connectivity index (χ3n) is 6.49. The fourth-order valence-corrected chi connectivity index (χ4v) is 4.86. The molecule has 1 fully saturated rings. The lowest BCUT2D eigenvalue weighted by Crippen LogP contribution is -2.42. The number of esters is 1. The van der Waals surface area contributed by atoms with Crippen LogP contribution in [0.1, 0.15) is 36.6 Å². The number of carbonyl (C=O) groups is 1.